The van der Waals surface area contributed by atoms with Crippen LogP contribution in [-0.2, 0) is 32.7 Å². The van der Waals surface area contributed by atoms with Crippen LogP contribution in [0.25, 0.3) is 0 Å². The molecule has 0 fully saturated rings. The molecule has 0 amide bonds. The summed E-state index contributed by atoms with van der Waals surface area (Å²) in [5.74, 6) is -1.03. The maximum atomic E-state index is 12.6. The highest BCUT2D eigenvalue weighted by atomic mass is 31.2. The van der Waals surface area contributed by atoms with Crippen LogP contribution in [0.3, 0.4) is 0 Å². The lowest BCUT2D eigenvalue weighted by molar-refractivity contribution is -0.161. The minimum Gasteiger partial charge on any atom is -0.462 e. The largest absolute Gasteiger partial charge is 0.472 e. The molecule has 0 aliphatic carbocycles. The molecule has 11 heteroatoms. The van der Waals surface area contributed by atoms with Crippen LogP contribution in [0.15, 0.2) is 97.2 Å². The highest BCUT2D eigenvalue weighted by Gasteiger charge is 2.27. The number of unbranched alkanes of at least 4 members (excludes halogenated alkanes) is 12. The number of carbonyl (C=O) groups is 2. The summed E-state index contributed by atoms with van der Waals surface area (Å²) in [7, 11) is -4.64. The summed E-state index contributed by atoms with van der Waals surface area (Å²) < 4.78 is 32.7. The normalized spacial score (nSPS) is 14.6. The minimum atomic E-state index is -4.64. The molecule has 348 valence electrons. The molecule has 0 saturated heterocycles. The zero-order valence-corrected chi connectivity index (χ0v) is 38.7. The Kier molecular flexibility index (Phi) is 42.6. The number of aliphatic hydroxyl groups is 2. The first kappa shape index (κ1) is 57.9. The first-order valence-corrected chi connectivity index (χ1v) is 24.7. The third kappa shape index (κ3) is 44.7. The van der Waals surface area contributed by atoms with E-state index in [1.54, 1.807) is 0 Å². The molecule has 0 aromatic carbocycles. The van der Waals surface area contributed by atoms with Crippen LogP contribution < -0.4 is 0 Å². The van der Waals surface area contributed by atoms with E-state index in [1.807, 2.05) is 12.2 Å². The van der Waals surface area contributed by atoms with Gasteiger partial charge in [0.2, 0.25) is 0 Å². The van der Waals surface area contributed by atoms with Gasteiger partial charge in [-0.15, -0.1) is 0 Å². The van der Waals surface area contributed by atoms with Crippen molar-refractivity contribution in [2.45, 2.75) is 180 Å². The van der Waals surface area contributed by atoms with Gasteiger partial charge < -0.3 is 24.6 Å². The minimum absolute atomic E-state index is 0.110. The van der Waals surface area contributed by atoms with E-state index in [9.17, 15) is 24.2 Å². The van der Waals surface area contributed by atoms with Crippen molar-refractivity contribution in [3.8, 4) is 0 Å². The average Bonchev–Trinajstić information content (AvgIpc) is 3.25. The Bertz CT molecular complexity index is 1330. The molecule has 0 aliphatic rings. The number of hydrogen-bond acceptors (Lipinski definition) is 9. The van der Waals surface area contributed by atoms with Gasteiger partial charge in [-0.2, -0.15) is 0 Å². The molecule has 0 saturated carbocycles. The molecular formula is C50H83O10P. The molecule has 0 rings (SSSR count). The second-order valence-corrected chi connectivity index (χ2v) is 16.5. The zero-order valence-electron chi connectivity index (χ0n) is 37.8. The SMILES string of the molecule is CC/C=C\C/C=C\C/C=C\C/C=C\C/C=C\C/C=C\CCC(=O)OC[C@H](COP(=O)(O)OC[C@@H](O)CO)OC(=O)CCCCCCCCCCC/C=C\C/C=C\CCCCC. The maximum Gasteiger partial charge on any atom is 0.472 e. The smallest absolute Gasteiger partial charge is 0.462 e. The molecule has 0 aliphatic heterocycles. The topological polar surface area (TPSA) is 149 Å². The van der Waals surface area contributed by atoms with Gasteiger partial charge in [-0.1, -0.05) is 169 Å². The zero-order chi connectivity index (χ0) is 44.8. The van der Waals surface area contributed by atoms with Crippen molar-refractivity contribution in [3.05, 3.63) is 97.2 Å². The lowest BCUT2D eigenvalue weighted by Gasteiger charge is -2.20. The van der Waals surface area contributed by atoms with Gasteiger partial charge in [-0.3, -0.25) is 18.6 Å². The maximum absolute atomic E-state index is 12.6. The Balaban J connectivity index is 4.39. The third-order valence-electron chi connectivity index (χ3n) is 9.24. The molecule has 61 heavy (non-hydrogen) atoms. The Labute approximate surface area is 370 Å². The highest BCUT2D eigenvalue weighted by Crippen LogP contribution is 2.43. The third-order valence-corrected chi connectivity index (χ3v) is 10.2. The molecular weight excluding hydrogens is 792 g/mol. The van der Waals surface area contributed by atoms with E-state index >= 15 is 0 Å². The van der Waals surface area contributed by atoms with Crippen LogP contribution in [0.2, 0.25) is 0 Å². The van der Waals surface area contributed by atoms with E-state index in [1.165, 1.54) is 57.8 Å². The average molecular weight is 875 g/mol. The Morgan fingerprint density at radius 1 is 0.508 bits per heavy atom. The molecule has 0 spiro atoms. The summed E-state index contributed by atoms with van der Waals surface area (Å²) in [6, 6.07) is 0. The number of rotatable bonds is 42. The monoisotopic (exact) mass is 875 g/mol. The Morgan fingerprint density at radius 3 is 1.43 bits per heavy atom. The van der Waals surface area contributed by atoms with Crippen molar-refractivity contribution in [1.82, 2.24) is 0 Å². The first-order valence-electron chi connectivity index (χ1n) is 23.2. The van der Waals surface area contributed by atoms with Gasteiger partial charge in [0.15, 0.2) is 6.10 Å². The van der Waals surface area contributed by atoms with E-state index < -0.39 is 51.8 Å². The van der Waals surface area contributed by atoms with Crippen LogP contribution in [0, 0.1) is 0 Å². The van der Waals surface area contributed by atoms with Crippen molar-refractivity contribution in [1.29, 1.82) is 0 Å². The predicted octanol–water partition coefficient (Wildman–Crippen LogP) is 12.8. The van der Waals surface area contributed by atoms with Gasteiger partial charge in [-0.25, -0.2) is 4.57 Å². The summed E-state index contributed by atoms with van der Waals surface area (Å²) in [4.78, 5) is 35.0. The van der Waals surface area contributed by atoms with Crippen molar-refractivity contribution < 1.29 is 47.8 Å². The molecule has 0 heterocycles. The number of ether oxygens (including phenoxy) is 2. The molecule has 0 aromatic heterocycles. The van der Waals surface area contributed by atoms with Gasteiger partial charge in [0, 0.05) is 12.8 Å². The van der Waals surface area contributed by atoms with Gasteiger partial charge >= 0.3 is 19.8 Å². The molecule has 0 aromatic rings. The fourth-order valence-corrected chi connectivity index (χ4v) is 6.48. The highest BCUT2D eigenvalue weighted by molar-refractivity contribution is 7.47. The summed E-state index contributed by atoms with van der Waals surface area (Å²) in [5.41, 5.74) is 0. The molecule has 3 N–H and O–H groups in total. The Hall–Kier alpha value is -3.11. The van der Waals surface area contributed by atoms with E-state index in [4.69, 9.17) is 19.1 Å². The Morgan fingerprint density at radius 2 is 0.934 bits per heavy atom. The second-order valence-electron chi connectivity index (χ2n) is 15.0. The number of carbonyl (C=O) groups excluding carboxylic acids is 2. The number of phosphoric ester groups is 1. The number of phosphoric acid groups is 1. The van der Waals surface area contributed by atoms with E-state index in [-0.39, 0.29) is 19.4 Å². The lowest BCUT2D eigenvalue weighted by atomic mass is 10.1. The van der Waals surface area contributed by atoms with Crippen LogP contribution in [0.4, 0.5) is 0 Å². The summed E-state index contributed by atoms with van der Waals surface area (Å²) >= 11 is 0. The molecule has 10 nitrogen and oxygen atoms in total. The second kappa shape index (κ2) is 44.9. The van der Waals surface area contributed by atoms with Crippen molar-refractivity contribution >= 4 is 19.8 Å². The number of esters is 2. The van der Waals surface area contributed by atoms with Gasteiger partial charge in [0.1, 0.15) is 12.7 Å². The predicted molar refractivity (Wildman–Crippen MR) is 251 cm³/mol. The summed E-state index contributed by atoms with van der Waals surface area (Å²) in [6.07, 6.45) is 55.2. The van der Waals surface area contributed by atoms with Gasteiger partial charge in [-0.05, 0) is 83.5 Å². The number of hydrogen-bond donors (Lipinski definition) is 3. The van der Waals surface area contributed by atoms with E-state index in [2.05, 4.69) is 103 Å². The molecule has 0 radical (unpaired) electrons. The van der Waals surface area contributed by atoms with Crippen LogP contribution in [-0.4, -0.2) is 65.7 Å². The summed E-state index contributed by atoms with van der Waals surface area (Å²) in [5, 5.41) is 18.4. The summed E-state index contributed by atoms with van der Waals surface area (Å²) in [6.45, 7) is 2.14. The van der Waals surface area contributed by atoms with Crippen LogP contribution in [0.5, 0.6) is 0 Å². The van der Waals surface area contributed by atoms with E-state index in [0.29, 0.717) is 12.8 Å². The molecule has 3 atom stereocenters. The number of allylic oxidation sites excluding steroid dienone is 16. The van der Waals surface area contributed by atoms with Crippen LogP contribution >= 0.6 is 7.82 Å². The van der Waals surface area contributed by atoms with E-state index in [0.717, 1.165) is 70.6 Å². The lowest BCUT2D eigenvalue weighted by Crippen LogP contribution is -2.29. The molecule has 0 bridgehead atoms. The fraction of sp³-hybridized carbons (Fsp3) is 0.640. The molecule has 1 unspecified atom stereocenters. The van der Waals surface area contributed by atoms with Gasteiger partial charge in [0.25, 0.3) is 0 Å². The van der Waals surface area contributed by atoms with Crippen molar-refractivity contribution in [2.75, 3.05) is 26.4 Å². The van der Waals surface area contributed by atoms with Gasteiger partial charge in [0.05, 0.1) is 19.8 Å². The first-order chi connectivity index (χ1) is 29.7. The van der Waals surface area contributed by atoms with Crippen molar-refractivity contribution in [3.63, 3.8) is 0 Å². The van der Waals surface area contributed by atoms with Crippen LogP contribution in [0.1, 0.15) is 168 Å². The fourth-order valence-electron chi connectivity index (χ4n) is 5.70. The van der Waals surface area contributed by atoms with Crippen molar-refractivity contribution in [2.24, 2.45) is 0 Å². The quantitative estimate of drug-likeness (QED) is 0.0234. The standard InChI is InChI=1S/C50H83O10P/c1-3-5-7-9-11-13-15-17-19-21-23-25-27-29-31-33-35-37-39-41-49(53)57-45-48(46-59-61(55,56)58-44-47(52)43-51)60-50(54)42-40-38-36-34-32-30-28-26-24-22-20-18-16-14-12-10-8-6-4-2/h5,7,11-14,17-20,23,25,29,31,35,37,47-48,51-52H,3-4,6,8-10,15-16,21-22,24,26-28,30,32-34,36,38-46H2,1-2H3,(H,55,56)/b7-5-,13-11-,14-12-,19-17-,20-18-,25-23-,31-29-,37-35-/t47-,48+/m0/s1. The number of aliphatic hydroxyl groups excluding tert-OH is 2.